The van der Waals surface area contributed by atoms with Crippen LogP contribution in [0.1, 0.15) is 25.8 Å². The molecule has 5 nitrogen and oxygen atoms in total. The third kappa shape index (κ3) is 2.72. The van der Waals surface area contributed by atoms with Crippen LogP contribution in [0.15, 0.2) is 30.5 Å². The molecule has 5 heteroatoms. The average Bonchev–Trinajstić information content (AvgIpc) is 2.93. The zero-order valence-corrected chi connectivity index (χ0v) is 11.8. The van der Waals surface area contributed by atoms with Crippen LogP contribution in [0.25, 0.3) is 16.5 Å². The first-order valence-corrected chi connectivity index (χ1v) is 6.91. The second-order valence-corrected chi connectivity index (χ2v) is 4.37. The van der Waals surface area contributed by atoms with Gasteiger partial charge in [0.2, 0.25) is 0 Å². The van der Waals surface area contributed by atoms with E-state index in [1.165, 1.54) is 11.6 Å². The smallest absolute Gasteiger partial charge is 0.270 e. The summed E-state index contributed by atoms with van der Waals surface area (Å²) in [5.74, 6) is 0. The molecule has 3 rings (SSSR count). The largest absolute Gasteiger partial charge is 0.361 e. The lowest BCUT2D eigenvalue weighted by Gasteiger charge is -2.13. The van der Waals surface area contributed by atoms with E-state index in [9.17, 15) is 10.1 Å². The molecule has 106 valence electrons. The molecule has 0 unspecified atom stereocenters. The van der Waals surface area contributed by atoms with Gasteiger partial charge in [0.05, 0.1) is 4.92 Å². The summed E-state index contributed by atoms with van der Waals surface area (Å²) in [6.07, 6.45) is 5.03. The Balaban J connectivity index is 0.000000704. The normalized spacial score (nSPS) is 14.4. The molecule has 1 aromatic heterocycles. The van der Waals surface area contributed by atoms with Gasteiger partial charge in [-0.3, -0.25) is 10.1 Å². The number of nitrogens with one attached hydrogen (secondary N) is 2. The molecule has 0 fully saturated rings. The van der Waals surface area contributed by atoms with Crippen molar-refractivity contribution in [3.63, 3.8) is 0 Å². The second-order valence-electron chi connectivity index (χ2n) is 4.37. The van der Waals surface area contributed by atoms with E-state index in [2.05, 4.69) is 16.4 Å². The maximum absolute atomic E-state index is 10.8. The zero-order chi connectivity index (χ0) is 14.5. The summed E-state index contributed by atoms with van der Waals surface area (Å²) in [5, 5.41) is 15.0. The minimum Gasteiger partial charge on any atom is -0.361 e. The fraction of sp³-hybridized carbons (Fsp3) is 0.333. The lowest BCUT2D eigenvalue weighted by atomic mass is 9.99. The molecule has 0 aliphatic carbocycles. The number of aromatic nitrogens is 1. The molecule has 0 saturated heterocycles. The van der Waals surface area contributed by atoms with E-state index in [1.54, 1.807) is 12.1 Å². The van der Waals surface area contributed by atoms with Gasteiger partial charge >= 0.3 is 0 Å². The van der Waals surface area contributed by atoms with Gasteiger partial charge in [0, 0.05) is 41.3 Å². The van der Waals surface area contributed by atoms with Crippen molar-refractivity contribution < 1.29 is 4.92 Å². The predicted octanol–water partition coefficient (Wildman–Crippen LogP) is 3.48. The molecule has 0 spiro atoms. The first kappa shape index (κ1) is 14.3. The van der Waals surface area contributed by atoms with E-state index in [0.29, 0.717) is 0 Å². The highest BCUT2D eigenvalue weighted by Gasteiger charge is 2.14. The number of hydrogen-bond donors (Lipinski definition) is 2. The Bertz CT molecular complexity index is 644. The number of hydrogen-bond acceptors (Lipinski definition) is 3. The van der Waals surface area contributed by atoms with Crippen LogP contribution in [0.4, 0.5) is 5.69 Å². The number of rotatable bonds is 2. The van der Waals surface area contributed by atoms with Crippen LogP contribution in [-0.4, -0.2) is 23.0 Å². The summed E-state index contributed by atoms with van der Waals surface area (Å²) in [7, 11) is 0. The van der Waals surface area contributed by atoms with Crippen LogP contribution in [-0.2, 0) is 0 Å². The Morgan fingerprint density at radius 3 is 2.75 bits per heavy atom. The van der Waals surface area contributed by atoms with Crippen molar-refractivity contribution in [3.8, 4) is 0 Å². The zero-order valence-electron chi connectivity index (χ0n) is 11.8. The van der Waals surface area contributed by atoms with Gasteiger partial charge in [-0.15, -0.1) is 0 Å². The lowest BCUT2D eigenvalue weighted by Crippen LogP contribution is -2.19. The fourth-order valence-corrected chi connectivity index (χ4v) is 2.36. The standard InChI is InChI=1S/C13H13N3O2.C2H6/c17-16(18)10-1-2-13-11(7-10)12(8-15-13)9-3-5-14-6-4-9;1-2/h1-3,7-8,14-15H,4-6H2;1-2H3. The molecule has 20 heavy (non-hydrogen) atoms. The Hall–Kier alpha value is -2.14. The number of nitrogens with zero attached hydrogens (tertiary/aromatic N) is 1. The number of H-pyrrole nitrogens is 1. The number of fused-ring (bicyclic) bond motifs is 1. The Morgan fingerprint density at radius 2 is 2.10 bits per heavy atom. The quantitative estimate of drug-likeness (QED) is 0.650. The van der Waals surface area contributed by atoms with E-state index < -0.39 is 0 Å². The first-order valence-electron chi connectivity index (χ1n) is 6.91. The van der Waals surface area contributed by atoms with Crippen molar-refractivity contribution in [2.45, 2.75) is 20.3 Å². The average molecular weight is 273 g/mol. The third-order valence-electron chi connectivity index (χ3n) is 3.29. The van der Waals surface area contributed by atoms with E-state index in [4.69, 9.17) is 0 Å². The van der Waals surface area contributed by atoms with Crippen molar-refractivity contribution in [1.29, 1.82) is 0 Å². The van der Waals surface area contributed by atoms with Gasteiger partial charge < -0.3 is 10.3 Å². The molecule has 0 saturated carbocycles. The Labute approximate surface area is 117 Å². The summed E-state index contributed by atoms with van der Waals surface area (Å²) in [6.45, 7) is 5.81. The molecule has 2 heterocycles. The van der Waals surface area contributed by atoms with Crippen molar-refractivity contribution in [2.75, 3.05) is 13.1 Å². The van der Waals surface area contributed by atoms with Gasteiger partial charge in [0.25, 0.3) is 5.69 Å². The molecule has 2 N–H and O–H groups in total. The molecule has 0 atom stereocenters. The van der Waals surface area contributed by atoms with E-state index in [0.717, 1.165) is 36.0 Å². The van der Waals surface area contributed by atoms with Gasteiger partial charge in [-0.1, -0.05) is 19.9 Å². The molecule has 0 amide bonds. The van der Waals surface area contributed by atoms with Crippen molar-refractivity contribution >= 4 is 22.2 Å². The third-order valence-corrected chi connectivity index (χ3v) is 3.29. The van der Waals surface area contributed by atoms with Gasteiger partial charge in [-0.25, -0.2) is 0 Å². The molecule has 0 radical (unpaired) electrons. The monoisotopic (exact) mass is 273 g/mol. The molecule has 2 aromatic rings. The number of nitro groups is 1. The van der Waals surface area contributed by atoms with Gasteiger partial charge in [-0.05, 0) is 24.6 Å². The minimum atomic E-state index is -0.354. The summed E-state index contributed by atoms with van der Waals surface area (Å²) >= 11 is 0. The Morgan fingerprint density at radius 1 is 1.30 bits per heavy atom. The van der Waals surface area contributed by atoms with E-state index >= 15 is 0 Å². The summed E-state index contributed by atoms with van der Waals surface area (Å²) < 4.78 is 0. The SMILES string of the molecule is CC.O=[N+]([O-])c1ccc2[nH]cc(C3=CCNCC3)c2c1. The number of nitro benzene ring substituents is 1. The summed E-state index contributed by atoms with van der Waals surface area (Å²) in [5.41, 5.74) is 3.41. The van der Waals surface area contributed by atoms with Crippen molar-refractivity contribution in [1.82, 2.24) is 10.3 Å². The van der Waals surface area contributed by atoms with Crippen molar-refractivity contribution in [3.05, 3.63) is 46.1 Å². The Kier molecular flexibility index (Phi) is 4.53. The van der Waals surface area contributed by atoms with Gasteiger partial charge in [0.1, 0.15) is 0 Å². The van der Waals surface area contributed by atoms with E-state index in [1.807, 2.05) is 20.0 Å². The number of non-ortho nitro benzene ring substituents is 1. The predicted molar refractivity (Wildman–Crippen MR) is 81.8 cm³/mol. The van der Waals surface area contributed by atoms with Crippen LogP contribution in [0.3, 0.4) is 0 Å². The van der Waals surface area contributed by atoms with Gasteiger partial charge in [-0.2, -0.15) is 0 Å². The number of benzene rings is 1. The second kappa shape index (κ2) is 6.34. The number of aromatic amines is 1. The maximum atomic E-state index is 10.8. The van der Waals surface area contributed by atoms with Crippen LogP contribution >= 0.6 is 0 Å². The first-order chi connectivity index (χ1) is 9.75. The summed E-state index contributed by atoms with van der Waals surface area (Å²) in [4.78, 5) is 13.6. The van der Waals surface area contributed by atoms with Crippen LogP contribution in [0, 0.1) is 10.1 Å². The van der Waals surface area contributed by atoms with Crippen LogP contribution in [0.5, 0.6) is 0 Å². The topological polar surface area (TPSA) is 71.0 Å². The highest BCUT2D eigenvalue weighted by Crippen LogP contribution is 2.30. The molecular formula is C15H19N3O2. The molecule has 0 bridgehead atoms. The minimum absolute atomic E-state index is 0.137. The molecular weight excluding hydrogens is 254 g/mol. The maximum Gasteiger partial charge on any atom is 0.270 e. The molecule has 1 aliphatic rings. The van der Waals surface area contributed by atoms with Crippen LogP contribution < -0.4 is 5.32 Å². The summed E-state index contributed by atoms with van der Waals surface area (Å²) in [6, 6.07) is 4.93. The van der Waals surface area contributed by atoms with Gasteiger partial charge in [0.15, 0.2) is 0 Å². The highest BCUT2D eigenvalue weighted by molar-refractivity contribution is 5.94. The van der Waals surface area contributed by atoms with Crippen LogP contribution in [0.2, 0.25) is 0 Å². The highest BCUT2D eigenvalue weighted by atomic mass is 16.6. The molecule has 1 aromatic carbocycles. The van der Waals surface area contributed by atoms with E-state index in [-0.39, 0.29) is 10.6 Å². The van der Waals surface area contributed by atoms with Crippen molar-refractivity contribution in [2.24, 2.45) is 0 Å². The lowest BCUT2D eigenvalue weighted by molar-refractivity contribution is -0.384. The molecule has 1 aliphatic heterocycles. The fourth-order valence-electron chi connectivity index (χ4n) is 2.36.